The monoisotopic (exact) mass is 210 g/mol. The van der Waals surface area contributed by atoms with E-state index in [-0.39, 0.29) is 0 Å². The first kappa shape index (κ1) is 16.6. The molecule has 88 valence electrons. The van der Waals surface area contributed by atoms with Crippen LogP contribution < -0.4 is 5.32 Å². The smallest absolute Gasteiger partial charge is 0.0101 e. The van der Waals surface area contributed by atoms with Crippen LogP contribution in [0.15, 0.2) is 36.4 Å². The standard InChI is InChI=1S/C6H6.C5H14N2.C2H6/c1-2-4-6-5-3-1;1-6-4-5-7(2)3;1-2/h1-6H;6H,4-5H2,1-3H3;1-2H3. The molecule has 0 heterocycles. The Bertz CT molecular complexity index is 146. The lowest BCUT2D eigenvalue weighted by molar-refractivity contribution is 0.407. The zero-order chi connectivity index (χ0) is 11.9. The molecule has 0 saturated carbocycles. The lowest BCUT2D eigenvalue weighted by Crippen LogP contribution is -2.23. The van der Waals surface area contributed by atoms with E-state index in [1.165, 1.54) is 0 Å². The maximum atomic E-state index is 3.06. The second-order valence-corrected chi connectivity index (χ2v) is 3.06. The summed E-state index contributed by atoms with van der Waals surface area (Å²) in [5.41, 5.74) is 0. The van der Waals surface area contributed by atoms with Gasteiger partial charge in [-0.1, -0.05) is 50.2 Å². The van der Waals surface area contributed by atoms with Crippen molar-refractivity contribution in [3.63, 3.8) is 0 Å². The summed E-state index contributed by atoms with van der Waals surface area (Å²) in [5, 5.41) is 3.06. The van der Waals surface area contributed by atoms with Crippen molar-refractivity contribution in [2.45, 2.75) is 13.8 Å². The number of rotatable bonds is 3. The van der Waals surface area contributed by atoms with Gasteiger partial charge in [-0.05, 0) is 21.1 Å². The molecule has 0 aliphatic carbocycles. The molecule has 2 heteroatoms. The summed E-state index contributed by atoms with van der Waals surface area (Å²) in [6.07, 6.45) is 0. The largest absolute Gasteiger partial charge is 0.318 e. The van der Waals surface area contributed by atoms with E-state index in [1.54, 1.807) is 0 Å². The fourth-order valence-electron chi connectivity index (χ4n) is 0.720. The van der Waals surface area contributed by atoms with E-state index in [0.29, 0.717) is 0 Å². The normalized spacial score (nSPS) is 8.40. The van der Waals surface area contributed by atoms with E-state index in [0.717, 1.165) is 13.1 Å². The summed E-state index contributed by atoms with van der Waals surface area (Å²) in [7, 11) is 6.10. The Hall–Kier alpha value is -0.860. The minimum atomic E-state index is 1.08. The van der Waals surface area contributed by atoms with Crippen molar-refractivity contribution < 1.29 is 0 Å². The van der Waals surface area contributed by atoms with Gasteiger partial charge >= 0.3 is 0 Å². The van der Waals surface area contributed by atoms with Crippen LogP contribution in [0.2, 0.25) is 0 Å². The molecule has 0 aliphatic rings. The number of nitrogens with one attached hydrogen (secondary N) is 1. The third-order valence-electron chi connectivity index (χ3n) is 1.48. The van der Waals surface area contributed by atoms with Crippen molar-refractivity contribution in [2.75, 3.05) is 34.2 Å². The van der Waals surface area contributed by atoms with Crippen LogP contribution in [0.4, 0.5) is 0 Å². The fraction of sp³-hybridized carbons (Fsp3) is 0.538. The maximum Gasteiger partial charge on any atom is 0.0101 e. The minimum absolute atomic E-state index is 1.08. The average molecular weight is 210 g/mol. The Morgan fingerprint density at radius 2 is 1.20 bits per heavy atom. The number of benzene rings is 1. The predicted octanol–water partition coefficient (Wildman–Crippen LogP) is 2.48. The quantitative estimate of drug-likeness (QED) is 0.824. The van der Waals surface area contributed by atoms with Gasteiger partial charge in [0.25, 0.3) is 0 Å². The van der Waals surface area contributed by atoms with Crippen molar-refractivity contribution in [1.29, 1.82) is 0 Å². The van der Waals surface area contributed by atoms with Crippen molar-refractivity contribution in [3.8, 4) is 0 Å². The Labute approximate surface area is 95.3 Å². The Morgan fingerprint density at radius 3 is 1.33 bits per heavy atom. The number of hydrogen-bond acceptors (Lipinski definition) is 2. The molecule has 0 atom stereocenters. The van der Waals surface area contributed by atoms with Gasteiger partial charge in [0, 0.05) is 13.1 Å². The van der Waals surface area contributed by atoms with Crippen LogP contribution in [-0.2, 0) is 0 Å². The predicted molar refractivity (Wildman–Crippen MR) is 70.3 cm³/mol. The summed E-state index contributed by atoms with van der Waals surface area (Å²) in [6.45, 7) is 6.20. The van der Waals surface area contributed by atoms with Crippen LogP contribution in [-0.4, -0.2) is 39.1 Å². The first-order chi connectivity index (χ1) is 7.27. The SMILES string of the molecule is CC.CNCCN(C)C.c1ccccc1. The molecule has 0 aromatic heterocycles. The van der Waals surface area contributed by atoms with Crippen molar-refractivity contribution >= 4 is 0 Å². The van der Waals surface area contributed by atoms with Gasteiger partial charge in [0.1, 0.15) is 0 Å². The summed E-state index contributed by atoms with van der Waals surface area (Å²) >= 11 is 0. The van der Waals surface area contributed by atoms with Gasteiger partial charge < -0.3 is 10.2 Å². The highest BCUT2D eigenvalue weighted by molar-refractivity contribution is 4.99. The van der Waals surface area contributed by atoms with Crippen LogP contribution in [0.25, 0.3) is 0 Å². The topological polar surface area (TPSA) is 15.3 Å². The fourth-order valence-corrected chi connectivity index (χ4v) is 0.720. The highest BCUT2D eigenvalue weighted by Gasteiger charge is 1.82. The van der Waals surface area contributed by atoms with E-state index in [9.17, 15) is 0 Å². The van der Waals surface area contributed by atoms with Crippen LogP contribution in [0.1, 0.15) is 13.8 Å². The van der Waals surface area contributed by atoms with Crippen LogP contribution in [0.5, 0.6) is 0 Å². The van der Waals surface area contributed by atoms with E-state index < -0.39 is 0 Å². The molecule has 1 aromatic carbocycles. The first-order valence-electron chi connectivity index (χ1n) is 5.56. The summed E-state index contributed by atoms with van der Waals surface area (Å²) in [4.78, 5) is 2.15. The molecule has 15 heavy (non-hydrogen) atoms. The van der Waals surface area contributed by atoms with Gasteiger partial charge in [0.15, 0.2) is 0 Å². The van der Waals surface area contributed by atoms with Crippen molar-refractivity contribution in [2.24, 2.45) is 0 Å². The molecule has 0 aliphatic heterocycles. The number of hydrogen-bond donors (Lipinski definition) is 1. The second kappa shape index (κ2) is 15.6. The lowest BCUT2D eigenvalue weighted by atomic mass is 10.4. The van der Waals surface area contributed by atoms with Crippen molar-refractivity contribution in [1.82, 2.24) is 10.2 Å². The Kier molecular flexibility index (Phi) is 17.2. The molecule has 0 bridgehead atoms. The summed E-state index contributed by atoms with van der Waals surface area (Å²) in [6, 6.07) is 12.0. The molecule has 2 nitrogen and oxygen atoms in total. The second-order valence-electron chi connectivity index (χ2n) is 3.06. The molecule has 1 rings (SSSR count). The highest BCUT2D eigenvalue weighted by atomic mass is 15.1. The van der Waals surface area contributed by atoms with E-state index in [4.69, 9.17) is 0 Å². The van der Waals surface area contributed by atoms with Crippen LogP contribution in [0, 0.1) is 0 Å². The van der Waals surface area contributed by atoms with Gasteiger partial charge in [0.2, 0.25) is 0 Å². The van der Waals surface area contributed by atoms with Gasteiger partial charge in [-0.15, -0.1) is 0 Å². The van der Waals surface area contributed by atoms with E-state index in [1.807, 2.05) is 57.3 Å². The molecule has 1 aromatic rings. The Balaban J connectivity index is 0. The lowest BCUT2D eigenvalue weighted by Gasteiger charge is -2.06. The zero-order valence-corrected chi connectivity index (χ0v) is 10.8. The molecular formula is C13H26N2. The summed E-state index contributed by atoms with van der Waals surface area (Å²) in [5.74, 6) is 0. The maximum absolute atomic E-state index is 3.06. The molecule has 0 saturated heterocycles. The third kappa shape index (κ3) is 19.5. The van der Waals surface area contributed by atoms with Crippen LogP contribution >= 0.6 is 0 Å². The minimum Gasteiger partial charge on any atom is -0.318 e. The van der Waals surface area contributed by atoms with E-state index >= 15 is 0 Å². The molecule has 0 unspecified atom stereocenters. The zero-order valence-electron chi connectivity index (χ0n) is 10.8. The summed E-state index contributed by atoms with van der Waals surface area (Å²) < 4.78 is 0. The molecule has 0 radical (unpaired) electrons. The molecule has 0 fully saturated rings. The van der Waals surface area contributed by atoms with Gasteiger partial charge in [0.05, 0.1) is 0 Å². The highest BCUT2D eigenvalue weighted by Crippen LogP contribution is 1.79. The third-order valence-corrected chi connectivity index (χ3v) is 1.48. The molecular weight excluding hydrogens is 184 g/mol. The van der Waals surface area contributed by atoms with E-state index in [2.05, 4.69) is 24.3 Å². The Morgan fingerprint density at radius 1 is 0.867 bits per heavy atom. The molecule has 0 amide bonds. The van der Waals surface area contributed by atoms with Crippen LogP contribution in [0.3, 0.4) is 0 Å². The van der Waals surface area contributed by atoms with Gasteiger partial charge in [-0.3, -0.25) is 0 Å². The molecule has 0 spiro atoms. The van der Waals surface area contributed by atoms with Gasteiger partial charge in [-0.2, -0.15) is 0 Å². The average Bonchev–Trinajstić information content (AvgIpc) is 2.32. The number of nitrogens with zero attached hydrogens (tertiary/aromatic N) is 1. The molecule has 1 N–H and O–H groups in total. The van der Waals surface area contributed by atoms with Crippen molar-refractivity contribution in [3.05, 3.63) is 36.4 Å². The number of likely N-dealkylation sites (N-methyl/N-ethyl adjacent to an activating group) is 2. The van der Waals surface area contributed by atoms with Gasteiger partial charge in [-0.25, -0.2) is 0 Å². The first-order valence-corrected chi connectivity index (χ1v) is 5.56.